The molecule has 1 unspecified atom stereocenters. The quantitative estimate of drug-likeness (QED) is 0.803. The van der Waals surface area contributed by atoms with Gasteiger partial charge in [-0.1, -0.05) is 48.0 Å². The maximum Gasteiger partial charge on any atom is 0.329 e. The van der Waals surface area contributed by atoms with Crippen molar-refractivity contribution in [3.05, 3.63) is 64.7 Å². The van der Waals surface area contributed by atoms with Crippen LogP contribution < -0.4 is 4.90 Å². The Morgan fingerprint density at radius 3 is 2.73 bits per heavy atom. The minimum atomic E-state index is -0.310. The number of hydrogen-bond acceptors (Lipinski definition) is 3. The molecule has 1 aliphatic heterocycles. The highest BCUT2D eigenvalue weighted by atomic mass is 35.5. The maximum atomic E-state index is 12.3. The molecule has 0 bridgehead atoms. The number of halogens is 1. The van der Waals surface area contributed by atoms with E-state index in [1.807, 2.05) is 43.3 Å². The van der Waals surface area contributed by atoms with Crippen molar-refractivity contribution in [1.82, 2.24) is 0 Å². The lowest BCUT2D eigenvalue weighted by atomic mass is 10.1. The fraction of sp³-hybridized carbons (Fsp3) is 0.278. The molecule has 0 aliphatic carbocycles. The van der Waals surface area contributed by atoms with Crippen molar-refractivity contribution in [1.29, 1.82) is 0 Å². The minimum absolute atomic E-state index is 0.189. The van der Waals surface area contributed by atoms with Crippen molar-refractivity contribution in [3.8, 4) is 0 Å². The summed E-state index contributed by atoms with van der Waals surface area (Å²) in [5.74, 6) is -0.189. The first-order chi connectivity index (χ1) is 10.7. The summed E-state index contributed by atoms with van der Waals surface area (Å²) in [4.78, 5) is 14.4. The van der Waals surface area contributed by atoms with Crippen LogP contribution in [0.3, 0.4) is 0 Å². The van der Waals surface area contributed by atoms with Crippen molar-refractivity contribution in [2.45, 2.75) is 25.9 Å². The zero-order chi connectivity index (χ0) is 15.5. The molecule has 1 aliphatic rings. The van der Waals surface area contributed by atoms with Crippen molar-refractivity contribution in [2.24, 2.45) is 0 Å². The zero-order valence-electron chi connectivity index (χ0n) is 12.5. The van der Waals surface area contributed by atoms with Crippen molar-refractivity contribution in [3.63, 3.8) is 0 Å². The smallest absolute Gasteiger partial charge is 0.329 e. The molecule has 2 aromatic carbocycles. The number of carbonyl (C=O) groups is 1. The highest BCUT2D eigenvalue weighted by Gasteiger charge is 2.36. The standard InChI is InChI=1S/C18H18ClNO2/c1-2-22-18(21)17-11-14-15(19)9-6-10-16(14)20(17)12-13-7-4-3-5-8-13/h3-10,17H,2,11-12H2,1H3. The maximum absolute atomic E-state index is 12.3. The first kappa shape index (κ1) is 14.9. The Balaban J connectivity index is 1.94. The van der Waals surface area contributed by atoms with E-state index in [9.17, 15) is 4.79 Å². The number of benzene rings is 2. The summed E-state index contributed by atoms with van der Waals surface area (Å²) in [6.07, 6.45) is 0.598. The van der Waals surface area contributed by atoms with Gasteiger partial charge in [0.1, 0.15) is 6.04 Å². The molecule has 22 heavy (non-hydrogen) atoms. The normalized spacial score (nSPS) is 16.5. The Bertz CT molecular complexity index is 672. The molecule has 1 heterocycles. The minimum Gasteiger partial charge on any atom is -0.464 e. The Hall–Kier alpha value is -2.00. The van der Waals surface area contributed by atoms with Crippen LogP contribution in [0.25, 0.3) is 0 Å². The summed E-state index contributed by atoms with van der Waals surface area (Å²) < 4.78 is 5.24. The molecule has 0 N–H and O–H groups in total. The number of rotatable bonds is 4. The van der Waals surface area contributed by atoms with Crippen LogP contribution in [0.4, 0.5) is 5.69 Å². The summed E-state index contributed by atoms with van der Waals surface area (Å²) in [5.41, 5.74) is 3.21. The molecule has 3 rings (SSSR count). The van der Waals surface area contributed by atoms with Gasteiger partial charge in [-0.2, -0.15) is 0 Å². The number of esters is 1. The second-order valence-corrected chi connectivity index (χ2v) is 5.73. The third kappa shape index (κ3) is 2.81. The van der Waals surface area contributed by atoms with E-state index in [4.69, 9.17) is 16.3 Å². The summed E-state index contributed by atoms with van der Waals surface area (Å²) >= 11 is 6.31. The molecule has 0 spiro atoms. The molecule has 0 saturated carbocycles. The largest absolute Gasteiger partial charge is 0.464 e. The third-order valence-corrected chi connectivity index (χ3v) is 4.29. The molecule has 2 aromatic rings. The number of ether oxygens (including phenoxy) is 1. The molecule has 0 amide bonds. The van der Waals surface area contributed by atoms with Gasteiger partial charge in [-0.05, 0) is 30.2 Å². The third-order valence-electron chi connectivity index (χ3n) is 3.93. The van der Waals surface area contributed by atoms with Crippen molar-refractivity contribution in [2.75, 3.05) is 11.5 Å². The molecular weight excluding hydrogens is 298 g/mol. The lowest BCUT2D eigenvalue weighted by Crippen LogP contribution is -2.39. The van der Waals surface area contributed by atoms with Crippen molar-refractivity contribution >= 4 is 23.3 Å². The van der Waals surface area contributed by atoms with Gasteiger partial charge in [0.25, 0.3) is 0 Å². The zero-order valence-corrected chi connectivity index (χ0v) is 13.2. The first-order valence-electron chi connectivity index (χ1n) is 7.45. The van der Waals surface area contributed by atoms with Gasteiger partial charge in [-0.25, -0.2) is 4.79 Å². The molecule has 0 fully saturated rings. The lowest BCUT2D eigenvalue weighted by Gasteiger charge is -2.26. The number of hydrogen-bond donors (Lipinski definition) is 0. The summed E-state index contributed by atoms with van der Waals surface area (Å²) in [6, 6.07) is 15.6. The van der Waals surface area contributed by atoms with Crippen LogP contribution in [0.2, 0.25) is 5.02 Å². The Kier molecular flexibility index (Phi) is 4.34. The highest BCUT2D eigenvalue weighted by Crippen LogP contribution is 2.38. The molecule has 1 atom stereocenters. The number of carbonyl (C=O) groups excluding carboxylic acids is 1. The average molecular weight is 316 g/mol. The summed E-state index contributed by atoms with van der Waals surface area (Å²) in [5, 5.41) is 0.711. The van der Waals surface area contributed by atoms with E-state index in [1.54, 1.807) is 0 Å². The predicted molar refractivity (Wildman–Crippen MR) is 88.2 cm³/mol. The molecule has 0 radical (unpaired) electrons. The number of nitrogens with zero attached hydrogens (tertiary/aromatic N) is 1. The molecule has 0 aromatic heterocycles. The molecule has 4 heteroatoms. The SMILES string of the molecule is CCOC(=O)C1Cc2c(Cl)cccc2N1Cc1ccccc1. The molecule has 3 nitrogen and oxygen atoms in total. The van der Waals surface area contributed by atoms with E-state index >= 15 is 0 Å². The summed E-state index contributed by atoms with van der Waals surface area (Å²) in [6.45, 7) is 2.88. The number of fused-ring (bicyclic) bond motifs is 1. The Morgan fingerprint density at radius 1 is 1.23 bits per heavy atom. The lowest BCUT2D eigenvalue weighted by molar-refractivity contribution is -0.144. The van der Waals surface area contributed by atoms with Gasteiger partial charge in [-0.15, -0.1) is 0 Å². The van der Waals surface area contributed by atoms with Gasteiger partial charge in [0.15, 0.2) is 0 Å². The van der Waals surface area contributed by atoms with E-state index in [0.717, 1.165) is 16.8 Å². The van der Waals surface area contributed by atoms with E-state index in [-0.39, 0.29) is 12.0 Å². The van der Waals surface area contributed by atoms with E-state index in [2.05, 4.69) is 17.0 Å². The van der Waals surface area contributed by atoms with Gasteiger partial charge in [0.2, 0.25) is 0 Å². The number of anilines is 1. The van der Waals surface area contributed by atoms with Gasteiger partial charge in [-0.3, -0.25) is 0 Å². The fourth-order valence-electron chi connectivity index (χ4n) is 2.91. The topological polar surface area (TPSA) is 29.5 Å². The molecule has 0 saturated heterocycles. The predicted octanol–water partition coefficient (Wildman–Crippen LogP) is 3.83. The fourth-order valence-corrected chi connectivity index (χ4v) is 3.16. The average Bonchev–Trinajstić information content (AvgIpc) is 2.89. The van der Waals surface area contributed by atoms with Crippen LogP contribution in [0.5, 0.6) is 0 Å². The van der Waals surface area contributed by atoms with Crippen LogP contribution >= 0.6 is 11.6 Å². The second kappa shape index (κ2) is 6.41. The van der Waals surface area contributed by atoms with E-state index in [0.29, 0.717) is 24.6 Å². The monoisotopic (exact) mass is 315 g/mol. The van der Waals surface area contributed by atoms with E-state index < -0.39 is 0 Å². The van der Waals surface area contributed by atoms with Crippen molar-refractivity contribution < 1.29 is 9.53 Å². The van der Waals surface area contributed by atoms with Gasteiger partial charge in [0.05, 0.1) is 6.61 Å². The first-order valence-corrected chi connectivity index (χ1v) is 7.83. The van der Waals surface area contributed by atoms with Crippen LogP contribution in [0.15, 0.2) is 48.5 Å². The van der Waals surface area contributed by atoms with Gasteiger partial charge >= 0.3 is 5.97 Å². The molecular formula is C18H18ClNO2. The Labute approximate surface area is 135 Å². The second-order valence-electron chi connectivity index (χ2n) is 5.32. The van der Waals surface area contributed by atoms with E-state index in [1.165, 1.54) is 0 Å². The van der Waals surface area contributed by atoms with Gasteiger partial charge in [0, 0.05) is 23.7 Å². The summed E-state index contributed by atoms with van der Waals surface area (Å²) in [7, 11) is 0. The van der Waals surface area contributed by atoms with Crippen LogP contribution in [-0.2, 0) is 22.5 Å². The van der Waals surface area contributed by atoms with Crippen LogP contribution in [0.1, 0.15) is 18.1 Å². The van der Waals surface area contributed by atoms with Crippen LogP contribution in [-0.4, -0.2) is 18.6 Å². The highest BCUT2D eigenvalue weighted by molar-refractivity contribution is 6.32. The Morgan fingerprint density at radius 2 is 2.00 bits per heavy atom. The molecule has 114 valence electrons. The van der Waals surface area contributed by atoms with Crippen LogP contribution in [0, 0.1) is 0 Å². The van der Waals surface area contributed by atoms with Gasteiger partial charge < -0.3 is 9.64 Å².